The first kappa shape index (κ1) is 47.1. The molecule has 4 aromatic carbocycles. The van der Waals surface area contributed by atoms with Crippen molar-refractivity contribution >= 4 is 35.4 Å². The summed E-state index contributed by atoms with van der Waals surface area (Å²) in [4.78, 5) is 87.8. The first-order valence-corrected chi connectivity index (χ1v) is 22.4. The highest BCUT2D eigenvalue weighted by Gasteiger charge is 2.42. The molecule has 4 aromatic rings. The normalized spacial score (nSPS) is 17.9. The molecule has 2 aliphatic heterocycles. The highest BCUT2D eigenvalue weighted by Crippen LogP contribution is 2.28. The predicted octanol–water partition coefficient (Wildman–Crippen LogP) is 3.75. The molecule has 0 unspecified atom stereocenters. The number of carbonyl (C=O) groups excluding carboxylic acids is 6. The maximum Gasteiger partial charge on any atom is 0.245 e. The van der Waals surface area contributed by atoms with Crippen molar-refractivity contribution in [1.82, 2.24) is 41.7 Å². The smallest absolute Gasteiger partial charge is 0.245 e. The van der Waals surface area contributed by atoms with Crippen molar-refractivity contribution in [2.75, 3.05) is 27.2 Å². The molecule has 6 N–H and O–H groups in total. The summed E-state index contributed by atoms with van der Waals surface area (Å²) in [6.07, 6.45) is 1.92. The van der Waals surface area contributed by atoms with Crippen molar-refractivity contribution in [3.8, 4) is 0 Å². The third-order valence-corrected chi connectivity index (χ3v) is 12.4. The summed E-state index contributed by atoms with van der Waals surface area (Å²) in [7, 11) is 3.27. The summed E-state index contributed by atoms with van der Waals surface area (Å²) in [6, 6.07) is 32.4. The van der Waals surface area contributed by atoms with Gasteiger partial charge >= 0.3 is 0 Å². The van der Waals surface area contributed by atoms with Crippen molar-refractivity contribution in [2.45, 2.75) is 101 Å². The summed E-state index contributed by atoms with van der Waals surface area (Å²) in [6.45, 7) is 3.92. The zero-order chi connectivity index (χ0) is 45.6. The first-order valence-electron chi connectivity index (χ1n) is 22.4. The van der Waals surface area contributed by atoms with E-state index in [1.807, 2.05) is 121 Å². The second-order valence-electron chi connectivity index (χ2n) is 16.6. The van der Waals surface area contributed by atoms with Gasteiger partial charge in [-0.1, -0.05) is 121 Å². The van der Waals surface area contributed by atoms with Gasteiger partial charge < -0.3 is 41.7 Å². The molecule has 6 atom stereocenters. The summed E-state index contributed by atoms with van der Waals surface area (Å²) in [5, 5.41) is 18.0. The molecule has 0 radical (unpaired) electrons. The third kappa shape index (κ3) is 11.8. The largest absolute Gasteiger partial charge is 0.343 e. The van der Waals surface area contributed by atoms with Gasteiger partial charge in [0.15, 0.2) is 0 Å². The molecule has 2 saturated heterocycles. The number of hydrogen-bond acceptors (Lipinski definition) is 8. The van der Waals surface area contributed by atoms with Crippen LogP contribution in [0.3, 0.4) is 0 Å². The Morgan fingerprint density at radius 3 is 1.06 bits per heavy atom. The lowest BCUT2D eigenvalue weighted by Gasteiger charge is -2.33. The topological polar surface area (TPSA) is 181 Å². The standard InChI is InChI=1S/C50H62N8O6/c1-33(51-3)45(59)53-39(49(63)57-31-17-27-41(57)47(61)55-43(35-19-9-5-10-20-35)36-21-11-6-12-22-36)29-30-40(54-46(60)34(2)52-4)50(64)58-32-18-28-42(58)48(62)56-44(37-23-13-7-14-24-37)38-25-15-8-16-26-38/h5-16,19-26,33-34,39-44,51-52H,17-18,27-32H2,1-4H3,(H,53,59)(H,54,60)(H,55,61)(H,56,62)/t33-,34-,39-,40-,41-,42-/m0/s1. The van der Waals surface area contributed by atoms with E-state index >= 15 is 0 Å². The number of hydrogen-bond donors (Lipinski definition) is 6. The Morgan fingerprint density at radius 1 is 0.484 bits per heavy atom. The summed E-state index contributed by atoms with van der Waals surface area (Å²) in [5.41, 5.74) is 3.55. The van der Waals surface area contributed by atoms with E-state index in [4.69, 9.17) is 0 Å². The van der Waals surface area contributed by atoms with E-state index in [1.165, 1.54) is 9.80 Å². The van der Waals surface area contributed by atoms with Crippen LogP contribution in [0.15, 0.2) is 121 Å². The van der Waals surface area contributed by atoms with Gasteiger partial charge in [0.25, 0.3) is 0 Å². The Bertz CT molecular complexity index is 1950. The maximum absolute atomic E-state index is 14.7. The van der Waals surface area contributed by atoms with Gasteiger partial charge in [-0.15, -0.1) is 0 Å². The van der Waals surface area contributed by atoms with E-state index in [0.717, 1.165) is 22.3 Å². The first-order chi connectivity index (χ1) is 31.0. The Kier molecular flexibility index (Phi) is 16.8. The molecule has 2 fully saturated rings. The Balaban J connectivity index is 1.22. The van der Waals surface area contributed by atoms with Crippen molar-refractivity contribution in [1.29, 1.82) is 0 Å². The minimum atomic E-state index is -1.14. The predicted molar refractivity (Wildman–Crippen MR) is 245 cm³/mol. The number of nitrogens with one attached hydrogen (secondary N) is 6. The van der Waals surface area contributed by atoms with Gasteiger partial charge in [0.2, 0.25) is 35.4 Å². The summed E-state index contributed by atoms with van der Waals surface area (Å²) in [5.74, 6) is -2.44. The average Bonchev–Trinajstić information content (AvgIpc) is 4.05. The quantitative estimate of drug-likeness (QED) is 0.0825. The number of likely N-dealkylation sites (N-methyl/N-ethyl adjacent to an activating group) is 2. The van der Waals surface area contributed by atoms with Crippen molar-refractivity contribution in [3.05, 3.63) is 144 Å². The number of likely N-dealkylation sites (tertiary alicyclic amines) is 2. The van der Waals surface area contributed by atoms with Crippen molar-refractivity contribution < 1.29 is 28.8 Å². The zero-order valence-electron chi connectivity index (χ0n) is 37.2. The van der Waals surface area contributed by atoms with E-state index in [2.05, 4.69) is 31.9 Å². The van der Waals surface area contributed by atoms with Crippen LogP contribution in [0.4, 0.5) is 0 Å². The fraction of sp³-hybridized carbons (Fsp3) is 0.400. The lowest BCUT2D eigenvalue weighted by molar-refractivity contribution is -0.143. The number of benzene rings is 4. The number of carbonyl (C=O) groups is 6. The maximum atomic E-state index is 14.7. The van der Waals surface area contributed by atoms with Crippen LogP contribution in [-0.2, 0) is 28.8 Å². The van der Waals surface area contributed by atoms with E-state index in [1.54, 1.807) is 27.9 Å². The Morgan fingerprint density at radius 2 is 0.781 bits per heavy atom. The molecule has 338 valence electrons. The van der Waals surface area contributed by atoms with E-state index < -0.39 is 72.0 Å². The molecule has 0 spiro atoms. The van der Waals surface area contributed by atoms with Crippen LogP contribution < -0.4 is 31.9 Å². The molecule has 0 aliphatic carbocycles. The van der Waals surface area contributed by atoms with Crippen molar-refractivity contribution in [2.24, 2.45) is 0 Å². The van der Waals surface area contributed by atoms with Gasteiger partial charge in [0, 0.05) is 13.1 Å². The minimum Gasteiger partial charge on any atom is -0.343 e. The van der Waals surface area contributed by atoms with Crippen LogP contribution in [0.5, 0.6) is 0 Å². The number of nitrogens with zero attached hydrogens (tertiary/aromatic N) is 2. The van der Waals surface area contributed by atoms with E-state index in [0.29, 0.717) is 38.8 Å². The molecule has 14 heteroatoms. The Labute approximate surface area is 376 Å². The third-order valence-electron chi connectivity index (χ3n) is 12.4. The highest BCUT2D eigenvalue weighted by molar-refractivity contribution is 5.95. The average molecular weight is 871 g/mol. The second kappa shape index (κ2) is 22.8. The van der Waals surface area contributed by atoms with Gasteiger partial charge in [-0.05, 0) is 88.7 Å². The molecule has 2 heterocycles. The van der Waals surface area contributed by atoms with Crippen molar-refractivity contribution in [3.63, 3.8) is 0 Å². The molecular weight excluding hydrogens is 809 g/mol. The van der Waals surface area contributed by atoms with Crippen LogP contribution in [0, 0.1) is 0 Å². The number of rotatable bonds is 19. The van der Waals surface area contributed by atoms with Gasteiger partial charge in [-0.25, -0.2) is 0 Å². The van der Waals surface area contributed by atoms with Crippen LogP contribution in [0.1, 0.15) is 86.7 Å². The van der Waals surface area contributed by atoms with Gasteiger partial charge in [0.05, 0.1) is 24.2 Å². The molecule has 14 nitrogen and oxygen atoms in total. The lowest BCUT2D eigenvalue weighted by atomic mass is 9.98. The fourth-order valence-electron chi connectivity index (χ4n) is 8.49. The zero-order valence-corrected chi connectivity index (χ0v) is 37.2. The van der Waals surface area contributed by atoms with Crippen LogP contribution >= 0.6 is 0 Å². The van der Waals surface area contributed by atoms with Gasteiger partial charge in [0.1, 0.15) is 24.2 Å². The van der Waals surface area contributed by atoms with Crippen LogP contribution in [0.2, 0.25) is 0 Å². The highest BCUT2D eigenvalue weighted by atomic mass is 16.2. The molecular formula is C50H62N8O6. The molecule has 0 bridgehead atoms. The Hall–Kier alpha value is -6.38. The SMILES string of the molecule is CN[C@@H](C)C(=O)N[C@@H](CC[C@H](NC(=O)[C@H](C)NC)C(=O)N1CCC[C@H]1C(=O)NC(c1ccccc1)c1ccccc1)C(=O)N1CCC[C@H]1C(=O)NC(c1ccccc1)c1ccccc1. The fourth-order valence-corrected chi connectivity index (χ4v) is 8.49. The van der Waals surface area contributed by atoms with Gasteiger partial charge in [-0.3, -0.25) is 28.8 Å². The molecule has 0 aromatic heterocycles. The molecule has 0 saturated carbocycles. The monoisotopic (exact) mass is 870 g/mol. The lowest BCUT2D eigenvalue weighted by Crippen LogP contribution is -2.58. The molecule has 6 amide bonds. The minimum absolute atomic E-state index is 0.0398. The van der Waals surface area contributed by atoms with Gasteiger partial charge in [-0.2, -0.15) is 0 Å². The van der Waals surface area contributed by atoms with Crippen LogP contribution in [0.25, 0.3) is 0 Å². The molecule has 6 rings (SSSR count). The number of amides is 6. The molecule has 64 heavy (non-hydrogen) atoms. The van der Waals surface area contributed by atoms with Crippen LogP contribution in [-0.4, -0.2) is 109 Å². The van der Waals surface area contributed by atoms with E-state index in [9.17, 15) is 28.8 Å². The van der Waals surface area contributed by atoms with E-state index in [-0.39, 0.29) is 24.7 Å². The summed E-state index contributed by atoms with van der Waals surface area (Å²) >= 11 is 0. The second-order valence-corrected chi connectivity index (χ2v) is 16.6. The molecule has 2 aliphatic rings. The summed E-state index contributed by atoms with van der Waals surface area (Å²) < 4.78 is 0.